The molecule has 3 aromatic rings. The number of carboxylic acids is 1. The SMILES string of the molecule is COc1cccc(C(=O)N2CCCC2)c1-c1cc(Cl)cc(C(CC(=O)O)c2ncc(C)s2)c1. The zero-order chi connectivity index (χ0) is 23.5. The Hall–Kier alpha value is -2.90. The summed E-state index contributed by atoms with van der Waals surface area (Å²) in [6.45, 7) is 3.41. The van der Waals surface area contributed by atoms with Crippen molar-refractivity contribution in [2.24, 2.45) is 0 Å². The third-order valence-electron chi connectivity index (χ3n) is 5.80. The van der Waals surface area contributed by atoms with Gasteiger partial charge in [0.25, 0.3) is 5.91 Å². The molecular weight excluding hydrogens is 460 g/mol. The number of thiazole rings is 1. The Bertz CT molecular complexity index is 1190. The van der Waals surface area contributed by atoms with Crippen LogP contribution in [0.3, 0.4) is 0 Å². The summed E-state index contributed by atoms with van der Waals surface area (Å²) in [7, 11) is 1.57. The number of halogens is 1. The largest absolute Gasteiger partial charge is 0.496 e. The smallest absolute Gasteiger partial charge is 0.304 e. The summed E-state index contributed by atoms with van der Waals surface area (Å²) in [6, 6.07) is 10.9. The number of hydrogen-bond acceptors (Lipinski definition) is 5. The summed E-state index contributed by atoms with van der Waals surface area (Å²) in [5.41, 5.74) is 2.65. The topological polar surface area (TPSA) is 79.7 Å². The van der Waals surface area contributed by atoms with Crippen molar-refractivity contribution in [2.45, 2.75) is 32.1 Å². The Balaban J connectivity index is 1.85. The summed E-state index contributed by atoms with van der Waals surface area (Å²) in [6.07, 6.45) is 3.62. The maximum absolute atomic E-state index is 13.3. The van der Waals surface area contributed by atoms with Gasteiger partial charge in [0.15, 0.2) is 0 Å². The monoisotopic (exact) mass is 484 g/mol. The van der Waals surface area contributed by atoms with Gasteiger partial charge < -0.3 is 14.7 Å². The molecule has 0 saturated carbocycles. The number of rotatable bonds is 7. The second-order valence-electron chi connectivity index (χ2n) is 8.11. The Morgan fingerprint density at radius 3 is 2.64 bits per heavy atom. The number of methoxy groups -OCH3 is 1. The molecule has 1 N–H and O–H groups in total. The number of hydrogen-bond donors (Lipinski definition) is 1. The van der Waals surface area contributed by atoms with Crippen molar-refractivity contribution in [3.05, 3.63) is 68.6 Å². The van der Waals surface area contributed by atoms with E-state index in [-0.39, 0.29) is 12.3 Å². The molecule has 0 spiro atoms. The van der Waals surface area contributed by atoms with Gasteiger partial charge in [-0.1, -0.05) is 23.7 Å². The van der Waals surface area contributed by atoms with Crippen LogP contribution in [0.5, 0.6) is 5.75 Å². The fraction of sp³-hybridized carbons (Fsp3) is 0.320. The van der Waals surface area contributed by atoms with E-state index in [1.807, 2.05) is 30.0 Å². The van der Waals surface area contributed by atoms with E-state index in [0.29, 0.717) is 27.5 Å². The van der Waals surface area contributed by atoms with E-state index >= 15 is 0 Å². The predicted molar refractivity (Wildman–Crippen MR) is 130 cm³/mol. The molecule has 2 aromatic carbocycles. The maximum Gasteiger partial charge on any atom is 0.304 e. The molecular formula is C25H25ClN2O4S. The van der Waals surface area contributed by atoms with Gasteiger partial charge in [-0.2, -0.15) is 0 Å². The van der Waals surface area contributed by atoms with Crippen LogP contribution in [0.1, 0.15) is 51.0 Å². The second kappa shape index (κ2) is 9.93. The molecule has 1 aliphatic heterocycles. The zero-order valence-electron chi connectivity index (χ0n) is 18.5. The van der Waals surface area contributed by atoms with E-state index < -0.39 is 11.9 Å². The minimum absolute atomic E-state index is 0.0411. The lowest BCUT2D eigenvalue weighted by Gasteiger charge is -2.21. The lowest BCUT2D eigenvalue weighted by molar-refractivity contribution is -0.137. The third-order valence-corrected chi connectivity index (χ3v) is 7.04. The molecule has 0 bridgehead atoms. The number of aliphatic carboxylic acids is 1. The van der Waals surface area contributed by atoms with Crippen LogP contribution >= 0.6 is 22.9 Å². The molecule has 1 saturated heterocycles. The first-order valence-corrected chi connectivity index (χ1v) is 12.0. The molecule has 6 nitrogen and oxygen atoms in total. The second-order valence-corrected chi connectivity index (χ2v) is 9.82. The van der Waals surface area contributed by atoms with Gasteiger partial charge in [0.05, 0.1) is 19.1 Å². The van der Waals surface area contributed by atoms with E-state index in [4.69, 9.17) is 16.3 Å². The van der Waals surface area contributed by atoms with Crippen molar-refractivity contribution in [2.75, 3.05) is 20.2 Å². The van der Waals surface area contributed by atoms with Gasteiger partial charge in [0.2, 0.25) is 0 Å². The molecule has 1 unspecified atom stereocenters. The summed E-state index contributed by atoms with van der Waals surface area (Å²) >= 11 is 8.00. The Kier molecular flexibility index (Phi) is 7.00. The van der Waals surface area contributed by atoms with E-state index in [0.717, 1.165) is 41.4 Å². The number of benzene rings is 2. The van der Waals surface area contributed by atoms with Gasteiger partial charge in [-0.05, 0) is 55.2 Å². The summed E-state index contributed by atoms with van der Waals surface area (Å²) in [5, 5.41) is 10.7. The van der Waals surface area contributed by atoms with Crippen LogP contribution in [0.4, 0.5) is 0 Å². The lowest BCUT2D eigenvalue weighted by atomic mass is 9.91. The molecule has 0 radical (unpaired) electrons. The van der Waals surface area contributed by atoms with Crippen molar-refractivity contribution >= 4 is 34.8 Å². The molecule has 1 fully saturated rings. The Labute approximate surface area is 201 Å². The fourth-order valence-corrected chi connectivity index (χ4v) is 5.43. The number of amides is 1. The van der Waals surface area contributed by atoms with Crippen LogP contribution in [0.2, 0.25) is 5.02 Å². The van der Waals surface area contributed by atoms with Gasteiger partial charge in [-0.25, -0.2) is 4.98 Å². The van der Waals surface area contributed by atoms with Crippen LogP contribution < -0.4 is 4.74 Å². The molecule has 8 heteroatoms. The number of nitrogens with zero attached hydrogens (tertiary/aromatic N) is 2. The van der Waals surface area contributed by atoms with Gasteiger partial charge >= 0.3 is 5.97 Å². The average Bonchev–Trinajstić information content (AvgIpc) is 3.48. The quantitative estimate of drug-likeness (QED) is 0.470. The highest BCUT2D eigenvalue weighted by Gasteiger charge is 2.26. The zero-order valence-corrected chi connectivity index (χ0v) is 20.1. The highest BCUT2D eigenvalue weighted by molar-refractivity contribution is 7.11. The van der Waals surface area contributed by atoms with Crippen molar-refractivity contribution < 1.29 is 19.4 Å². The lowest BCUT2D eigenvalue weighted by Crippen LogP contribution is -2.28. The van der Waals surface area contributed by atoms with Crippen LogP contribution in [-0.2, 0) is 4.79 Å². The number of carbonyl (C=O) groups is 2. The van der Waals surface area contributed by atoms with E-state index in [9.17, 15) is 14.7 Å². The van der Waals surface area contributed by atoms with Crippen molar-refractivity contribution in [1.82, 2.24) is 9.88 Å². The predicted octanol–water partition coefficient (Wildman–Crippen LogP) is 5.62. The Morgan fingerprint density at radius 1 is 1.24 bits per heavy atom. The molecule has 4 rings (SSSR count). The number of carboxylic acid groups (broad SMARTS) is 1. The van der Waals surface area contributed by atoms with E-state index in [2.05, 4.69) is 4.98 Å². The first-order chi connectivity index (χ1) is 15.9. The fourth-order valence-electron chi connectivity index (χ4n) is 4.28. The number of aromatic nitrogens is 1. The third kappa shape index (κ3) is 5.04. The molecule has 1 aliphatic rings. The van der Waals surface area contributed by atoms with Crippen LogP contribution in [0.15, 0.2) is 42.6 Å². The number of likely N-dealkylation sites (tertiary alicyclic amines) is 1. The molecule has 1 atom stereocenters. The van der Waals surface area contributed by atoms with Gasteiger partial charge in [-0.3, -0.25) is 9.59 Å². The van der Waals surface area contributed by atoms with Gasteiger partial charge in [0.1, 0.15) is 10.8 Å². The van der Waals surface area contributed by atoms with Crippen molar-refractivity contribution in [3.8, 4) is 16.9 Å². The molecule has 1 aromatic heterocycles. The van der Waals surface area contributed by atoms with E-state index in [1.54, 1.807) is 31.5 Å². The number of ether oxygens (including phenoxy) is 1. The van der Waals surface area contributed by atoms with Crippen LogP contribution in [0, 0.1) is 6.92 Å². The minimum Gasteiger partial charge on any atom is -0.496 e. The minimum atomic E-state index is -0.920. The highest BCUT2D eigenvalue weighted by atomic mass is 35.5. The molecule has 2 heterocycles. The number of aryl methyl sites for hydroxylation is 1. The molecule has 33 heavy (non-hydrogen) atoms. The molecule has 0 aliphatic carbocycles. The summed E-state index contributed by atoms with van der Waals surface area (Å²) in [5.74, 6) is -0.851. The van der Waals surface area contributed by atoms with Crippen molar-refractivity contribution in [3.63, 3.8) is 0 Å². The Morgan fingerprint density at radius 2 is 2.00 bits per heavy atom. The van der Waals surface area contributed by atoms with Crippen LogP contribution in [-0.4, -0.2) is 47.1 Å². The van der Waals surface area contributed by atoms with Crippen molar-refractivity contribution in [1.29, 1.82) is 0 Å². The normalized spacial score (nSPS) is 14.3. The standard InChI is InChI=1S/C25H25ClN2O4S/c1-15-14-27-24(33-15)20(13-22(29)30)16-10-17(12-18(26)11-16)23-19(6-5-7-21(23)32-2)25(31)28-8-3-4-9-28/h5-7,10-12,14,20H,3-4,8-9,13H2,1-2H3,(H,29,30). The maximum atomic E-state index is 13.3. The summed E-state index contributed by atoms with van der Waals surface area (Å²) in [4.78, 5) is 32.3. The van der Waals surface area contributed by atoms with Gasteiger partial charge in [-0.15, -0.1) is 11.3 Å². The van der Waals surface area contributed by atoms with Crippen LogP contribution in [0.25, 0.3) is 11.1 Å². The van der Waals surface area contributed by atoms with Gasteiger partial charge in [0, 0.05) is 40.7 Å². The average molecular weight is 485 g/mol. The van der Waals surface area contributed by atoms with E-state index in [1.165, 1.54) is 11.3 Å². The highest BCUT2D eigenvalue weighted by Crippen LogP contribution is 2.40. The summed E-state index contributed by atoms with van der Waals surface area (Å²) < 4.78 is 5.63. The molecule has 172 valence electrons. The first kappa shape index (κ1) is 23.3. The number of carbonyl (C=O) groups excluding carboxylic acids is 1. The first-order valence-electron chi connectivity index (χ1n) is 10.8. The molecule has 1 amide bonds.